The van der Waals surface area contributed by atoms with Gasteiger partial charge in [-0.3, -0.25) is 14.9 Å². The maximum atomic E-state index is 11.9. The summed E-state index contributed by atoms with van der Waals surface area (Å²) in [5, 5.41) is 13.5. The zero-order valence-corrected chi connectivity index (χ0v) is 10.3. The van der Waals surface area contributed by atoms with Gasteiger partial charge in [-0.05, 0) is 31.9 Å². The summed E-state index contributed by atoms with van der Waals surface area (Å²) in [6.45, 7) is 2.73. The van der Waals surface area contributed by atoms with Crippen molar-refractivity contribution < 1.29 is 9.72 Å². The van der Waals surface area contributed by atoms with Gasteiger partial charge in [-0.1, -0.05) is 12.1 Å². The van der Waals surface area contributed by atoms with Crippen molar-refractivity contribution in [3.63, 3.8) is 0 Å². The minimum Gasteiger partial charge on any atom is -0.352 e. The van der Waals surface area contributed by atoms with Gasteiger partial charge in [0, 0.05) is 12.6 Å². The van der Waals surface area contributed by atoms with E-state index in [2.05, 4.69) is 5.32 Å². The maximum absolute atomic E-state index is 11.9. The molecule has 6 heteroatoms. The molecule has 6 nitrogen and oxygen atoms in total. The van der Waals surface area contributed by atoms with E-state index in [4.69, 9.17) is 5.73 Å². The van der Waals surface area contributed by atoms with E-state index >= 15 is 0 Å². The monoisotopic (exact) mass is 251 g/mol. The number of amides is 1. The Labute approximate surface area is 105 Å². The Kier molecular flexibility index (Phi) is 5.26. The lowest BCUT2D eigenvalue weighted by Crippen LogP contribution is -2.26. The van der Waals surface area contributed by atoms with Crippen LogP contribution in [0.5, 0.6) is 0 Å². The highest BCUT2D eigenvalue weighted by atomic mass is 16.6. The van der Waals surface area contributed by atoms with Crippen LogP contribution in [0, 0.1) is 17.0 Å². The topological polar surface area (TPSA) is 98.3 Å². The summed E-state index contributed by atoms with van der Waals surface area (Å²) in [4.78, 5) is 22.2. The molecule has 0 spiro atoms. The average Bonchev–Trinajstić information content (AvgIpc) is 2.34. The molecule has 0 aromatic heterocycles. The molecular weight excluding hydrogens is 234 g/mol. The summed E-state index contributed by atoms with van der Waals surface area (Å²) in [5.41, 5.74) is 5.91. The highest BCUT2D eigenvalue weighted by Crippen LogP contribution is 2.21. The van der Waals surface area contributed by atoms with Crippen molar-refractivity contribution in [2.75, 3.05) is 13.1 Å². The minimum atomic E-state index is -0.540. The fraction of sp³-hybridized carbons (Fsp3) is 0.417. The number of nitro groups is 1. The van der Waals surface area contributed by atoms with Gasteiger partial charge in [-0.15, -0.1) is 0 Å². The number of nitrogens with zero attached hydrogens (tertiary/aromatic N) is 1. The zero-order valence-electron chi connectivity index (χ0n) is 10.3. The molecule has 0 aliphatic carbocycles. The number of hydrogen-bond donors (Lipinski definition) is 2. The lowest BCUT2D eigenvalue weighted by Gasteiger charge is -2.07. The largest absolute Gasteiger partial charge is 0.352 e. The van der Waals surface area contributed by atoms with Gasteiger partial charge in [-0.25, -0.2) is 0 Å². The van der Waals surface area contributed by atoms with Crippen LogP contribution in [0.15, 0.2) is 18.2 Å². The van der Waals surface area contributed by atoms with Crippen molar-refractivity contribution in [3.05, 3.63) is 39.4 Å². The Morgan fingerprint density at radius 1 is 1.44 bits per heavy atom. The van der Waals surface area contributed by atoms with E-state index in [-0.39, 0.29) is 11.3 Å². The molecule has 0 bridgehead atoms. The Bertz CT molecular complexity index is 446. The number of aryl methyl sites for hydroxylation is 1. The SMILES string of the molecule is Cc1cccc([N+](=O)[O-])c1C(=O)NCCCCN. The van der Waals surface area contributed by atoms with Crippen LogP contribution in [0.3, 0.4) is 0 Å². The third-order valence-electron chi connectivity index (χ3n) is 2.59. The third-order valence-corrected chi connectivity index (χ3v) is 2.59. The highest BCUT2D eigenvalue weighted by Gasteiger charge is 2.21. The fourth-order valence-electron chi connectivity index (χ4n) is 1.66. The first kappa shape index (κ1) is 14.1. The summed E-state index contributed by atoms with van der Waals surface area (Å²) >= 11 is 0. The van der Waals surface area contributed by atoms with Gasteiger partial charge >= 0.3 is 0 Å². The summed E-state index contributed by atoms with van der Waals surface area (Å²) in [6, 6.07) is 4.59. The molecule has 1 aromatic carbocycles. The number of hydrogen-bond acceptors (Lipinski definition) is 4. The second-order valence-electron chi connectivity index (χ2n) is 3.98. The first-order valence-corrected chi connectivity index (χ1v) is 5.80. The minimum absolute atomic E-state index is 0.134. The van der Waals surface area contributed by atoms with Gasteiger partial charge in [0.05, 0.1) is 4.92 Å². The van der Waals surface area contributed by atoms with Crippen molar-refractivity contribution in [2.45, 2.75) is 19.8 Å². The summed E-state index contributed by atoms with van der Waals surface area (Å²) in [5.74, 6) is -0.406. The van der Waals surface area contributed by atoms with E-state index in [9.17, 15) is 14.9 Å². The number of benzene rings is 1. The molecule has 0 saturated heterocycles. The van der Waals surface area contributed by atoms with Crippen LogP contribution in [0.2, 0.25) is 0 Å². The molecule has 18 heavy (non-hydrogen) atoms. The standard InChI is InChI=1S/C12H17N3O3/c1-9-5-4-6-10(15(17)18)11(9)12(16)14-8-3-2-7-13/h4-6H,2-3,7-8,13H2,1H3,(H,14,16). The summed E-state index contributed by atoms with van der Waals surface area (Å²) in [6.07, 6.45) is 1.58. The zero-order chi connectivity index (χ0) is 13.5. The van der Waals surface area contributed by atoms with Gasteiger partial charge in [0.1, 0.15) is 5.56 Å². The van der Waals surface area contributed by atoms with Crippen LogP contribution in [0.25, 0.3) is 0 Å². The summed E-state index contributed by atoms with van der Waals surface area (Å²) < 4.78 is 0. The molecule has 0 aliphatic heterocycles. The van der Waals surface area contributed by atoms with Crippen molar-refractivity contribution in [3.8, 4) is 0 Å². The number of rotatable bonds is 6. The quantitative estimate of drug-likeness (QED) is 0.453. The van der Waals surface area contributed by atoms with Gasteiger partial charge in [0.15, 0.2) is 0 Å². The average molecular weight is 251 g/mol. The van der Waals surface area contributed by atoms with Gasteiger partial charge in [0.2, 0.25) is 0 Å². The predicted octanol–water partition coefficient (Wildman–Crippen LogP) is 1.37. The second-order valence-corrected chi connectivity index (χ2v) is 3.98. The van der Waals surface area contributed by atoms with E-state index in [1.165, 1.54) is 6.07 Å². The Morgan fingerprint density at radius 3 is 2.78 bits per heavy atom. The molecular formula is C12H17N3O3. The van der Waals surface area contributed by atoms with E-state index in [0.29, 0.717) is 18.7 Å². The van der Waals surface area contributed by atoms with E-state index in [0.717, 1.165) is 12.8 Å². The molecule has 0 unspecified atom stereocenters. The van der Waals surface area contributed by atoms with E-state index < -0.39 is 10.8 Å². The molecule has 0 radical (unpaired) electrons. The Hall–Kier alpha value is -1.95. The van der Waals surface area contributed by atoms with Gasteiger partial charge < -0.3 is 11.1 Å². The first-order valence-electron chi connectivity index (χ1n) is 5.80. The smallest absolute Gasteiger partial charge is 0.282 e. The number of carbonyl (C=O) groups is 1. The van der Waals surface area contributed by atoms with Gasteiger partial charge in [-0.2, -0.15) is 0 Å². The maximum Gasteiger partial charge on any atom is 0.282 e. The normalized spacial score (nSPS) is 10.1. The van der Waals surface area contributed by atoms with Crippen molar-refractivity contribution in [1.29, 1.82) is 0 Å². The van der Waals surface area contributed by atoms with Crippen LogP contribution >= 0.6 is 0 Å². The molecule has 0 aliphatic rings. The first-order chi connectivity index (χ1) is 8.57. The molecule has 0 atom stereocenters. The number of carbonyl (C=O) groups excluding carboxylic acids is 1. The van der Waals surface area contributed by atoms with Gasteiger partial charge in [0.25, 0.3) is 11.6 Å². The Morgan fingerprint density at radius 2 is 2.17 bits per heavy atom. The van der Waals surface area contributed by atoms with Crippen LogP contribution in [-0.2, 0) is 0 Å². The molecule has 1 aromatic rings. The highest BCUT2D eigenvalue weighted by molar-refractivity contribution is 5.99. The van der Waals surface area contributed by atoms with Crippen LogP contribution in [-0.4, -0.2) is 23.9 Å². The third kappa shape index (κ3) is 3.53. The van der Waals surface area contributed by atoms with Crippen molar-refractivity contribution in [1.82, 2.24) is 5.32 Å². The van der Waals surface area contributed by atoms with Crippen LogP contribution < -0.4 is 11.1 Å². The molecule has 0 saturated carbocycles. The molecule has 98 valence electrons. The number of nitro benzene ring substituents is 1. The molecule has 0 heterocycles. The lowest BCUT2D eigenvalue weighted by atomic mass is 10.1. The van der Waals surface area contributed by atoms with Crippen molar-refractivity contribution >= 4 is 11.6 Å². The van der Waals surface area contributed by atoms with E-state index in [1.807, 2.05) is 0 Å². The summed E-state index contributed by atoms with van der Waals surface area (Å²) in [7, 11) is 0. The van der Waals surface area contributed by atoms with E-state index in [1.54, 1.807) is 19.1 Å². The molecule has 3 N–H and O–H groups in total. The molecule has 0 fully saturated rings. The molecule has 1 amide bonds. The fourth-order valence-corrected chi connectivity index (χ4v) is 1.66. The second kappa shape index (κ2) is 6.70. The lowest BCUT2D eigenvalue weighted by molar-refractivity contribution is -0.385. The number of unbranched alkanes of at least 4 members (excludes halogenated alkanes) is 1. The number of nitrogens with two attached hydrogens (primary N) is 1. The number of nitrogens with one attached hydrogen (secondary N) is 1. The molecule has 1 rings (SSSR count). The van der Waals surface area contributed by atoms with Crippen LogP contribution in [0.4, 0.5) is 5.69 Å². The Balaban J connectivity index is 2.81. The predicted molar refractivity (Wildman–Crippen MR) is 68.5 cm³/mol. The van der Waals surface area contributed by atoms with Crippen molar-refractivity contribution in [2.24, 2.45) is 5.73 Å². The van der Waals surface area contributed by atoms with Crippen LogP contribution in [0.1, 0.15) is 28.8 Å².